The highest BCUT2D eigenvalue weighted by Crippen LogP contribution is 2.07. The van der Waals surface area contributed by atoms with Crippen LogP contribution in [0.4, 0.5) is 9.80 Å². The van der Waals surface area contributed by atoms with Crippen LogP contribution < -0.4 is 10.6 Å². The van der Waals surface area contributed by atoms with Gasteiger partial charge < -0.3 is 5.32 Å². The number of anilines is 1. The van der Waals surface area contributed by atoms with Gasteiger partial charge in [0.1, 0.15) is 5.00 Å². The van der Waals surface area contributed by atoms with Crippen LogP contribution in [0.1, 0.15) is 6.42 Å². The molecule has 1 aromatic heterocycles. The van der Waals surface area contributed by atoms with Crippen LogP contribution in [-0.2, 0) is 0 Å². The van der Waals surface area contributed by atoms with Gasteiger partial charge in [0, 0.05) is 18.1 Å². The number of urea groups is 1. The average Bonchev–Trinajstić information content (AvgIpc) is 2.57. The second kappa shape index (κ2) is 5.55. The molecule has 0 unspecified atom stereocenters. The minimum Gasteiger partial charge on any atom is -0.338 e. The second-order valence-corrected chi connectivity index (χ2v) is 3.24. The molecule has 0 aliphatic carbocycles. The van der Waals surface area contributed by atoms with Gasteiger partial charge in [-0.2, -0.15) is 0 Å². The molecule has 1 heterocycles. The van der Waals surface area contributed by atoms with Gasteiger partial charge in [-0.3, -0.25) is 5.32 Å². The van der Waals surface area contributed by atoms with Crippen LogP contribution in [0.15, 0.2) is 6.20 Å². The van der Waals surface area contributed by atoms with Gasteiger partial charge in [0.25, 0.3) is 0 Å². The van der Waals surface area contributed by atoms with Gasteiger partial charge in [-0.25, -0.2) is 4.79 Å². The van der Waals surface area contributed by atoms with Crippen LogP contribution in [0.5, 0.6) is 0 Å². The lowest BCUT2D eigenvalue weighted by molar-refractivity contribution is 0.252. The smallest absolute Gasteiger partial charge is 0.319 e. The van der Waals surface area contributed by atoms with Crippen molar-refractivity contribution < 1.29 is 4.79 Å². The lowest BCUT2D eigenvalue weighted by Gasteiger charge is -2.02. The summed E-state index contributed by atoms with van der Waals surface area (Å²) in [6.07, 6.45) is 2.17. The Morgan fingerprint density at radius 2 is 2.62 bits per heavy atom. The van der Waals surface area contributed by atoms with E-state index in [1.165, 1.54) is 6.20 Å². The molecule has 0 aliphatic rings. The van der Waals surface area contributed by atoms with E-state index >= 15 is 0 Å². The van der Waals surface area contributed by atoms with E-state index in [0.29, 0.717) is 18.0 Å². The lowest BCUT2D eigenvalue weighted by Crippen LogP contribution is -2.29. The van der Waals surface area contributed by atoms with Crippen LogP contribution in [-0.4, -0.2) is 27.5 Å². The molecule has 0 spiro atoms. The van der Waals surface area contributed by atoms with Gasteiger partial charge in [-0.15, -0.1) is 5.10 Å². The maximum absolute atomic E-state index is 11.1. The molecule has 5 nitrogen and oxygen atoms in total. The maximum Gasteiger partial charge on any atom is 0.319 e. The van der Waals surface area contributed by atoms with Crippen LogP contribution in [0, 0.1) is 0 Å². The third-order valence-electron chi connectivity index (χ3n) is 1.15. The summed E-state index contributed by atoms with van der Waals surface area (Å²) in [7, 11) is 0. The van der Waals surface area contributed by atoms with Crippen molar-refractivity contribution in [1.82, 2.24) is 14.9 Å². The van der Waals surface area contributed by atoms with E-state index in [4.69, 9.17) is 0 Å². The maximum atomic E-state index is 11.1. The van der Waals surface area contributed by atoms with Crippen LogP contribution >= 0.6 is 23.8 Å². The zero-order valence-electron chi connectivity index (χ0n) is 6.69. The molecular formula is C6H8N4OS2. The molecular weight excluding hydrogens is 208 g/mol. The molecule has 0 saturated heterocycles. The van der Waals surface area contributed by atoms with Gasteiger partial charge in [0.05, 0.1) is 6.20 Å². The molecule has 0 fully saturated rings. The van der Waals surface area contributed by atoms with Gasteiger partial charge in [0.2, 0.25) is 0 Å². The normalized spacial score (nSPS) is 9.23. The Hall–Kier alpha value is -1.08. The average molecular weight is 216 g/mol. The van der Waals surface area contributed by atoms with Crippen LogP contribution in [0.2, 0.25) is 0 Å². The number of nitrogens with one attached hydrogen (secondary N) is 2. The first-order chi connectivity index (χ1) is 6.33. The summed E-state index contributed by atoms with van der Waals surface area (Å²) in [5.41, 5.74) is 0. The SMILES string of the molecule is O=C(NCCC=S)Nc1cnns1. The number of thiocarbonyl (C=S) groups is 1. The van der Waals surface area contributed by atoms with E-state index in [2.05, 4.69) is 32.4 Å². The van der Waals surface area contributed by atoms with E-state index in [1.807, 2.05) is 0 Å². The van der Waals surface area contributed by atoms with Gasteiger partial charge in [0.15, 0.2) is 0 Å². The summed E-state index contributed by atoms with van der Waals surface area (Å²) >= 11 is 5.73. The fraction of sp³-hybridized carbons (Fsp3) is 0.333. The summed E-state index contributed by atoms with van der Waals surface area (Å²) in [4.78, 5) is 11.1. The van der Waals surface area contributed by atoms with Crippen molar-refractivity contribution in [3.05, 3.63) is 6.20 Å². The molecule has 0 radical (unpaired) electrons. The largest absolute Gasteiger partial charge is 0.338 e. The number of carbonyl (C=O) groups is 1. The predicted molar refractivity (Wildman–Crippen MR) is 55.2 cm³/mol. The molecule has 0 bridgehead atoms. The molecule has 1 rings (SSSR count). The van der Waals surface area contributed by atoms with Crippen molar-refractivity contribution >= 4 is 40.2 Å². The van der Waals surface area contributed by atoms with E-state index in [9.17, 15) is 4.79 Å². The van der Waals surface area contributed by atoms with Crippen molar-refractivity contribution in [3.63, 3.8) is 0 Å². The van der Waals surface area contributed by atoms with Crippen molar-refractivity contribution in [1.29, 1.82) is 0 Å². The Balaban J connectivity index is 2.22. The molecule has 7 heteroatoms. The molecule has 1 aromatic rings. The van der Waals surface area contributed by atoms with Crippen molar-refractivity contribution in [2.24, 2.45) is 0 Å². The minimum atomic E-state index is -0.261. The summed E-state index contributed by atoms with van der Waals surface area (Å²) in [5.74, 6) is 0. The Labute approximate surface area is 84.7 Å². The Kier molecular flexibility index (Phi) is 4.27. The molecule has 13 heavy (non-hydrogen) atoms. The molecule has 0 saturated carbocycles. The minimum absolute atomic E-state index is 0.261. The van der Waals surface area contributed by atoms with Crippen LogP contribution in [0.25, 0.3) is 0 Å². The number of hydrogen-bond acceptors (Lipinski definition) is 5. The number of rotatable bonds is 4. The molecule has 70 valence electrons. The highest BCUT2D eigenvalue weighted by molar-refractivity contribution is 7.78. The summed E-state index contributed by atoms with van der Waals surface area (Å²) in [6.45, 7) is 0.543. The first-order valence-corrected chi connectivity index (χ1v) is 4.83. The fourth-order valence-electron chi connectivity index (χ4n) is 0.623. The highest BCUT2D eigenvalue weighted by atomic mass is 32.1. The standard InChI is InChI=1S/C6H8N4OS2/c11-6(7-2-1-3-12)9-5-4-8-10-13-5/h3-4H,1-2H2,(H2,7,9,11). The molecule has 2 amide bonds. The Bertz CT molecular complexity index is 274. The monoisotopic (exact) mass is 216 g/mol. The topological polar surface area (TPSA) is 66.9 Å². The van der Waals surface area contributed by atoms with Gasteiger partial charge in [-0.05, 0) is 11.8 Å². The number of nitrogens with zero attached hydrogens (tertiary/aromatic N) is 2. The second-order valence-electron chi connectivity index (χ2n) is 2.12. The lowest BCUT2D eigenvalue weighted by atomic mass is 10.5. The Morgan fingerprint density at radius 3 is 3.23 bits per heavy atom. The predicted octanol–water partition coefficient (Wildman–Crippen LogP) is 1.05. The zero-order chi connectivity index (χ0) is 9.52. The highest BCUT2D eigenvalue weighted by Gasteiger charge is 2.01. The summed E-state index contributed by atoms with van der Waals surface area (Å²) < 4.78 is 3.60. The molecule has 0 atom stereocenters. The summed E-state index contributed by atoms with van der Waals surface area (Å²) in [5, 5.41) is 11.0. The third-order valence-corrected chi connectivity index (χ3v) is 1.96. The first kappa shape index (κ1) is 10.0. The number of carbonyl (C=O) groups excluding carboxylic acids is 1. The van der Waals surface area contributed by atoms with Crippen molar-refractivity contribution in [3.8, 4) is 0 Å². The van der Waals surface area contributed by atoms with Gasteiger partial charge in [-0.1, -0.05) is 16.7 Å². The number of hydrogen-bond donors (Lipinski definition) is 2. The van der Waals surface area contributed by atoms with Gasteiger partial charge >= 0.3 is 6.03 Å². The van der Waals surface area contributed by atoms with E-state index < -0.39 is 0 Å². The molecule has 2 N–H and O–H groups in total. The summed E-state index contributed by atoms with van der Waals surface area (Å²) in [6, 6.07) is -0.261. The zero-order valence-corrected chi connectivity index (χ0v) is 8.32. The fourth-order valence-corrected chi connectivity index (χ4v) is 1.16. The van der Waals surface area contributed by atoms with E-state index in [1.54, 1.807) is 5.37 Å². The quantitative estimate of drug-likeness (QED) is 0.583. The van der Waals surface area contributed by atoms with Crippen molar-refractivity contribution in [2.45, 2.75) is 6.42 Å². The van der Waals surface area contributed by atoms with Crippen LogP contribution in [0.3, 0.4) is 0 Å². The van der Waals surface area contributed by atoms with E-state index in [0.717, 1.165) is 11.5 Å². The van der Waals surface area contributed by atoms with E-state index in [-0.39, 0.29) is 6.03 Å². The molecule has 0 aliphatic heterocycles. The third kappa shape index (κ3) is 3.90. The number of amides is 2. The van der Waals surface area contributed by atoms with Crippen molar-refractivity contribution in [2.75, 3.05) is 11.9 Å². The number of aromatic nitrogens is 2. The first-order valence-electron chi connectivity index (χ1n) is 3.59. The molecule has 0 aromatic carbocycles. The Morgan fingerprint density at radius 1 is 1.77 bits per heavy atom.